The van der Waals surface area contributed by atoms with Gasteiger partial charge in [0.25, 0.3) is 0 Å². The molecular formula is C13H26N2O. The summed E-state index contributed by atoms with van der Waals surface area (Å²) in [4.78, 5) is 11.1. The molecule has 1 amide bonds. The van der Waals surface area contributed by atoms with Crippen molar-refractivity contribution in [2.24, 2.45) is 11.8 Å². The summed E-state index contributed by atoms with van der Waals surface area (Å²) in [5.74, 6) is 1.59. The standard InChI is InChI=1S/C13H26N2O/c1-10(12-7-5-4-6-8-12)11(2)15-9-13(16)14-3/h10-12,15H,4-9H2,1-3H3,(H,14,16). The highest BCUT2D eigenvalue weighted by Crippen LogP contribution is 2.31. The summed E-state index contributed by atoms with van der Waals surface area (Å²) < 4.78 is 0. The number of amides is 1. The molecule has 0 heterocycles. The summed E-state index contributed by atoms with van der Waals surface area (Å²) in [7, 11) is 1.68. The second-order valence-corrected chi connectivity index (χ2v) is 5.10. The molecule has 2 atom stereocenters. The molecule has 0 aromatic carbocycles. The van der Waals surface area contributed by atoms with Crippen molar-refractivity contribution in [1.82, 2.24) is 10.6 Å². The Kier molecular flexibility index (Phi) is 5.81. The van der Waals surface area contributed by atoms with Crippen LogP contribution in [0, 0.1) is 11.8 Å². The molecule has 1 fully saturated rings. The van der Waals surface area contributed by atoms with Crippen LogP contribution in [0.5, 0.6) is 0 Å². The molecule has 0 radical (unpaired) electrons. The Bertz CT molecular complexity index is 212. The van der Waals surface area contributed by atoms with Gasteiger partial charge in [-0.25, -0.2) is 0 Å². The van der Waals surface area contributed by atoms with Crippen molar-refractivity contribution < 1.29 is 4.79 Å². The number of nitrogens with one attached hydrogen (secondary N) is 2. The normalized spacial score (nSPS) is 21.4. The summed E-state index contributed by atoms with van der Waals surface area (Å²) in [6.07, 6.45) is 6.91. The number of hydrogen-bond donors (Lipinski definition) is 2. The number of hydrogen-bond acceptors (Lipinski definition) is 2. The third kappa shape index (κ3) is 4.12. The number of carbonyl (C=O) groups excluding carboxylic acids is 1. The Balaban J connectivity index is 2.28. The monoisotopic (exact) mass is 226 g/mol. The highest BCUT2D eigenvalue weighted by atomic mass is 16.1. The summed E-state index contributed by atoms with van der Waals surface area (Å²) in [5.41, 5.74) is 0. The summed E-state index contributed by atoms with van der Waals surface area (Å²) >= 11 is 0. The molecule has 3 heteroatoms. The van der Waals surface area contributed by atoms with E-state index in [0.717, 1.165) is 5.92 Å². The maximum Gasteiger partial charge on any atom is 0.233 e. The van der Waals surface area contributed by atoms with Crippen molar-refractivity contribution in [3.63, 3.8) is 0 Å². The Labute approximate surface area is 99.4 Å². The third-order valence-electron chi connectivity index (χ3n) is 4.05. The van der Waals surface area contributed by atoms with Crippen molar-refractivity contribution in [1.29, 1.82) is 0 Å². The van der Waals surface area contributed by atoms with E-state index in [2.05, 4.69) is 24.5 Å². The topological polar surface area (TPSA) is 41.1 Å². The van der Waals surface area contributed by atoms with Crippen LogP contribution in [0.2, 0.25) is 0 Å². The Morgan fingerprint density at radius 1 is 1.25 bits per heavy atom. The minimum atomic E-state index is 0.0719. The molecule has 1 saturated carbocycles. The average molecular weight is 226 g/mol. The SMILES string of the molecule is CNC(=O)CNC(C)C(C)C1CCCCC1. The summed E-state index contributed by atoms with van der Waals surface area (Å²) in [5, 5.41) is 5.96. The van der Waals surface area contributed by atoms with Crippen molar-refractivity contribution in [3.05, 3.63) is 0 Å². The zero-order valence-corrected chi connectivity index (χ0v) is 10.9. The van der Waals surface area contributed by atoms with Gasteiger partial charge in [-0.15, -0.1) is 0 Å². The average Bonchev–Trinajstić information content (AvgIpc) is 2.35. The highest BCUT2D eigenvalue weighted by molar-refractivity contribution is 5.77. The summed E-state index contributed by atoms with van der Waals surface area (Å²) in [6, 6.07) is 0.431. The van der Waals surface area contributed by atoms with E-state index in [1.807, 2.05) is 0 Å². The molecule has 16 heavy (non-hydrogen) atoms. The van der Waals surface area contributed by atoms with Crippen LogP contribution in [0.1, 0.15) is 46.0 Å². The molecule has 0 aromatic rings. The molecule has 0 aliphatic heterocycles. The van der Waals surface area contributed by atoms with Crippen LogP contribution in [-0.2, 0) is 4.79 Å². The zero-order valence-electron chi connectivity index (χ0n) is 10.9. The van der Waals surface area contributed by atoms with Gasteiger partial charge in [0.05, 0.1) is 6.54 Å². The van der Waals surface area contributed by atoms with Crippen LogP contribution in [-0.4, -0.2) is 25.5 Å². The van der Waals surface area contributed by atoms with Crippen molar-refractivity contribution in [3.8, 4) is 0 Å². The largest absolute Gasteiger partial charge is 0.358 e. The van der Waals surface area contributed by atoms with Gasteiger partial charge in [-0.05, 0) is 18.8 Å². The third-order valence-corrected chi connectivity index (χ3v) is 4.05. The molecule has 2 N–H and O–H groups in total. The lowest BCUT2D eigenvalue weighted by atomic mass is 9.78. The van der Waals surface area contributed by atoms with E-state index >= 15 is 0 Å². The minimum Gasteiger partial charge on any atom is -0.358 e. The van der Waals surface area contributed by atoms with Crippen molar-refractivity contribution >= 4 is 5.91 Å². The number of rotatable bonds is 5. The molecule has 3 nitrogen and oxygen atoms in total. The predicted octanol–water partition coefficient (Wildman–Crippen LogP) is 1.93. The first-order valence-electron chi connectivity index (χ1n) is 6.59. The van der Waals surface area contributed by atoms with Gasteiger partial charge in [0.1, 0.15) is 0 Å². The first-order chi connectivity index (χ1) is 7.65. The van der Waals surface area contributed by atoms with Crippen LogP contribution in [0.3, 0.4) is 0 Å². The second-order valence-electron chi connectivity index (χ2n) is 5.10. The smallest absolute Gasteiger partial charge is 0.233 e. The molecule has 1 rings (SSSR count). The lowest BCUT2D eigenvalue weighted by molar-refractivity contribution is -0.119. The second kappa shape index (κ2) is 6.89. The molecule has 2 unspecified atom stereocenters. The van der Waals surface area contributed by atoms with Crippen molar-refractivity contribution in [2.45, 2.75) is 52.0 Å². The van der Waals surface area contributed by atoms with E-state index in [1.54, 1.807) is 7.05 Å². The van der Waals surface area contributed by atoms with Gasteiger partial charge in [0, 0.05) is 13.1 Å². The molecule has 1 aliphatic rings. The van der Waals surface area contributed by atoms with Gasteiger partial charge in [0.2, 0.25) is 5.91 Å². The Hall–Kier alpha value is -0.570. The molecular weight excluding hydrogens is 200 g/mol. The van der Waals surface area contributed by atoms with Gasteiger partial charge >= 0.3 is 0 Å². The van der Waals surface area contributed by atoms with Crippen LogP contribution >= 0.6 is 0 Å². The van der Waals surface area contributed by atoms with Gasteiger partial charge < -0.3 is 10.6 Å². The maximum atomic E-state index is 11.1. The van der Waals surface area contributed by atoms with Crippen LogP contribution in [0.4, 0.5) is 0 Å². The van der Waals surface area contributed by atoms with Gasteiger partial charge in [-0.1, -0.05) is 39.0 Å². The van der Waals surface area contributed by atoms with E-state index in [0.29, 0.717) is 18.5 Å². The molecule has 0 bridgehead atoms. The van der Waals surface area contributed by atoms with E-state index < -0.39 is 0 Å². The zero-order chi connectivity index (χ0) is 12.0. The fraction of sp³-hybridized carbons (Fsp3) is 0.923. The van der Waals surface area contributed by atoms with Gasteiger partial charge in [0.15, 0.2) is 0 Å². The predicted molar refractivity (Wildman–Crippen MR) is 67.3 cm³/mol. The van der Waals surface area contributed by atoms with Gasteiger partial charge in [-0.3, -0.25) is 4.79 Å². The Morgan fingerprint density at radius 2 is 1.88 bits per heavy atom. The van der Waals surface area contributed by atoms with E-state index in [1.165, 1.54) is 32.1 Å². The molecule has 94 valence electrons. The van der Waals surface area contributed by atoms with E-state index in [-0.39, 0.29) is 5.91 Å². The minimum absolute atomic E-state index is 0.0719. The molecule has 0 spiro atoms. The van der Waals surface area contributed by atoms with Crippen LogP contribution in [0.25, 0.3) is 0 Å². The van der Waals surface area contributed by atoms with Gasteiger partial charge in [-0.2, -0.15) is 0 Å². The van der Waals surface area contributed by atoms with Crippen LogP contribution in [0.15, 0.2) is 0 Å². The fourth-order valence-corrected chi connectivity index (χ4v) is 2.60. The van der Waals surface area contributed by atoms with Crippen LogP contribution < -0.4 is 10.6 Å². The molecule has 0 saturated heterocycles. The summed E-state index contributed by atoms with van der Waals surface area (Å²) in [6.45, 7) is 4.95. The first-order valence-corrected chi connectivity index (χ1v) is 6.59. The number of likely N-dealkylation sites (N-methyl/N-ethyl adjacent to an activating group) is 1. The highest BCUT2D eigenvalue weighted by Gasteiger charge is 2.24. The maximum absolute atomic E-state index is 11.1. The molecule has 0 aromatic heterocycles. The Morgan fingerprint density at radius 3 is 2.44 bits per heavy atom. The van der Waals surface area contributed by atoms with E-state index in [4.69, 9.17) is 0 Å². The van der Waals surface area contributed by atoms with Crippen molar-refractivity contribution in [2.75, 3.05) is 13.6 Å². The quantitative estimate of drug-likeness (QED) is 0.752. The number of carbonyl (C=O) groups is 1. The fourth-order valence-electron chi connectivity index (χ4n) is 2.60. The first kappa shape index (κ1) is 13.5. The lowest BCUT2D eigenvalue weighted by Gasteiger charge is -2.32. The lowest BCUT2D eigenvalue weighted by Crippen LogP contribution is -2.41. The molecule has 1 aliphatic carbocycles. The van der Waals surface area contributed by atoms with E-state index in [9.17, 15) is 4.79 Å².